The van der Waals surface area contributed by atoms with Crippen LogP contribution in [0.3, 0.4) is 0 Å². The highest BCUT2D eigenvalue weighted by molar-refractivity contribution is 6.02. The van der Waals surface area contributed by atoms with Crippen molar-refractivity contribution >= 4 is 33.8 Å². The maximum atomic E-state index is 10.8. The lowest BCUT2D eigenvalue weighted by Crippen LogP contribution is -2.12. The smallest absolute Gasteiger partial charge is 0.217 e. The van der Waals surface area contributed by atoms with Gasteiger partial charge in [-0.1, -0.05) is 18.2 Å². The van der Waals surface area contributed by atoms with E-state index < -0.39 is 0 Å². The van der Waals surface area contributed by atoms with Crippen LogP contribution in [0.1, 0.15) is 12.8 Å². The molecule has 0 radical (unpaired) electrons. The molecule has 6 heteroatoms. The molecule has 3 rings (SSSR count). The van der Waals surface area contributed by atoms with Crippen LogP contribution in [0.5, 0.6) is 0 Å². The molecule has 0 spiro atoms. The second-order valence-corrected chi connectivity index (χ2v) is 4.70. The third kappa shape index (κ3) is 2.05. The fourth-order valence-electron chi connectivity index (χ4n) is 2.42. The van der Waals surface area contributed by atoms with Gasteiger partial charge >= 0.3 is 0 Å². The third-order valence-corrected chi connectivity index (χ3v) is 3.31. The van der Waals surface area contributed by atoms with Crippen LogP contribution in [0, 0.1) is 0 Å². The van der Waals surface area contributed by atoms with E-state index >= 15 is 0 Å². The molecule has 0 aliphatic carbocycles. The predicted molar refractivity (Wildman–Crippen MR) is 77.9 cm³/mol. The molecule has 6 nitrogen and oxygen atoms in total. The number of carbonyl (C=O) groups is 1. The Labute approximate surface area is 115 Å². The summed E-state index contributed by atoms with van der Waals surface area (Å²) in [5.74, 6) is 0.127. The molecule has 0 unspecified atom stereocenters. The molecule has 1 amide bonds. The molecule has 0 aliphatic heterocycles. The molecule has 1 aromatic carbocycles. The number of aromatic nitrogens is 3. The highest BCUT2D eigenvalue weighted by Crippen LogP contribution is 2.25. The SMILES string of the molecule is NC(=O)CCCn1c(N)nc2cnc3ccccc3c21. The van der Waals surface area contributed by atoms with Gasteiger partial charge < -0.3 is 16.0 Å². The van der Waals surface area contributed by atoms with E-state index in [0.717, 1.165) is 21.9 Å². The van der Waals surface area contributed by atoms with Crippen molar-refractivity contribution in [1.29, 1.82) is 0 Å². The van der Waals surface area contributed by atoms with Crippen LogP contribution in [0.2, 0.25) is 0 Å². The molecule has 2 aromatic heterocycles. The van der Waals surface area contributed by atoms with E-state index in [4.69, 9.17) is 11.5 Å². The highest BCUT2D eigenvalue weighted by Gasteiger charge is 2.12. The number of anilines is 1. The number of nitrogens with two attached hydrogens (primary N) is 2. The van der Waals surface area contributed by atoms with Gasteiger partial charge in [0.1, 0.15) is 5.52 Å². The van der Waals surface area contributed by atoms with E-state index in [1.165, 1.54) is 0 Å². The number of hydrogen-bond acceptors (Lipinski definition) is 4. The van der Waals surface area contributed by atoms with E-state index in [-0.39, 0.29) is 5.91 Å². The number of benzene rings is 1. The van der Waals surface area contributed by atoms with Crippen molar-refractivity contribution in [1.82, 2.24) is 14.5 Å². The molecule has 102 valence electrons. The van der Waals surface area contributed by atoms with Crippen LogP contribution in [-0.4, -0.2) is 20.4 Å². The van der Waals surface area contributed by atoms with Crippen LogP contribution < -0.4 is 11.5 Å². The summed E-state index contributed by atoms with van der Waals surface area (Å²) in [7, 11) is 0. The van der Waals surface area contributed by atoms with E-state index in [1.54, 1.807) is 6.20 Å². The van der Waals surface area contributed by atoms with Crippen LogP contribution in [0.25, 0.3) is 21.9 Å². The van der Waals surface area contributed by atoms with E-state index in [9.17, 15) is 4.79 Å². The summed E-state index contributed by atoms with van der Waals surface area (Å²) >= 11 is 0. The van der Waals surface area contributed by atoms with Crippen molar-refractivity contribution in [3.05, 3.63) is 30.5 Å². The topological polar surface area (TPSA) is 99.8 Å². The molecule has 0 saturated carbocycles. The van der Waals surface area contributed by atoms with Crippen molar-refractivity contribution in [3.8, 4) is 0 Å². The number of amides is 1. The number of imidazole rings is 1. The third-order valence-electron chi connectivity index (χ3n) is 3.31. The fraction of sp³-hybridized carbons (Fsp3) is 0.214. The second kappa shape index (κ2) is 4.80. The number of aryl methyl sites for hydroxylation is 1. The van der Waals surface area contributed by atoms with Gasteiger partial charge in [-0.25, -0.2) is 4.98 Å². The first kappa shape index (κ1) is 12.4. The predicted octanol–water partition coefficient (Wildman–Crippen LogP) is 1.43. The number of para-hydroxylation sites is 1. The van der Waals surface area contributed by atoms with Gasteiger partial charge in [-0.05, 0) is 12.5 Å². The van der Waals surface area contributed by atoms with Crippen LogP contribution in [-0.2, 0) is 11.3 Å². The molecular formula is C14H15N5O. The van der Waals surface area contributed by atoms with Gasteiger partial charge in [-0.15, -0.1) is 0 Å². The van der Waals surface area contributed by atoms with Crippen molar-refractivity contribution in [3.63, 3.8) is 0 Å². The van der Waals surface area contributed by atoms with Gasteiger partial charge in [-0.3, -0.25) is 9.78 Å². The molecule has 0 fully saturated rings. The highest BCUT2D eigenvalue weighted by atomic mass is 16.1. The molecule has 20 heavy (non-hydrogen) atoms. The summed E-state index contributed by atoms with van der Waals surface area (Å²) in [4.78, 5) is 19.5. The van der Waals surface area contributed by atoms with Gasteiger partial charge in [0.05, 0.1) is 17.2 Å². The number of nitrogens with zero attached hydrogens (tertiary/aromatic N) is 3. The molecule has 0 atom stereocenters. The zero-order chi connectivity index (χ0) is 14.1. The summed E-state index contributed by atoms with van der Waals surface area (Å²) in [6.07, 6.45) is 2.70. The number of rotatable bonds is 4. The monoisotopic (exact) mass is 269 g/mol. The zero-order valence-electron chi connectivity index (χ0n) is 10.9. The zero-order valence-corrected chi connectivity index (χ0v) is 10.9. The number of pyridine rings is 1. The van der Waals surface area contributed by atoms with Gasteiger partial charge in [0.2, 0.25) is 11.9 Å². The van der Waals surface area contributed by atoms with Gasteiger partial charge in [0.25, 0.3) is 0 Å². The Morgan fingerprint density at radius 1 is 1.25 bits per heavy atom. The summed E-state index contributed by atoms with van der Waals surface area (Å²) in [5.41, 5.74) is 13.8. The molecule has 0 aliphatic rings. The minimum atomic E-state index is -0.306. The Morgan fingerprint density at radius 2 is 2.05 bits per heavy atom. The quantitative estimate of drug-likeness (QED) is 0.748. The Hall–Kier alpha value is -2.63. The first-order valence-corrected chi connectivity index (χ1v) is 6.44. The number of nitrogen functional groups attached to an aromatic ring is 1. The van der Waals surface area contributed by atoms with E-state index in [1.807, 2.05) is 28.8 Å². The Kier molecular flexibility index (Phi) is 2.98. The lowest BCUT2D eigenvalue weighted by atomic mass is 10.2. The molecule has 0 saturated heterocycles. The van der Waals surface area contributed by atoms with Crippen molar-refractivity contribution in [2.75, 3.05) is 5.73 Å². The van der Waals surface area contributed by atoms with E-state index in [0.29, 0.717) is 25.3 Å². The van der Waals surface area contributed by atoms with E-state index in [2.05, 4.69) is 9.97 Å². The van der Waals surface area contributed by atoms with Crippen LogP contribution >= 0.6 is 0 Å². The maximum absolute atomic E-state index is 10.8. The largest absolute Gasteiger partial charge is 0.370 e. The average molecular weight is 269 g/mol. The molecular weight excluding hydrogens is 254 g/mol. The minimum Gasteiger partial charge on any atom is -0.370 e. The normalized spacial score (nSPS) is 11.2. The molecule has 4 N–H and O–H groups in total. The Balaban J connectivity index is 2.12. The molecule has 3 aromatic rings. The van der Waals surface area contributed by atoms with Crippen molar-refractivity contribution in [2.24, 2.45) is 5.73 Å². The first-order chi connectivity index (χ1) is 9.66. The van der Waals surface area contributed by atoms with Crippen molar-refractivity contribution in [2.45, 2.75) is 19.4 Å². The fourth-order valence-corrected chi connectivity index (χ4v) is 2.42. The van der Waals surface area contributed by atoms with Crippen LogP contribution in [0.15, 0.2) is 30.5 Å². The van der Waals surface area contributed by atoms with Crippen molar-refractivity contribution < 1.29 is 4.79 Å². The van der Waals surface area contributed by atoms with Gasteiger partial charge in [-0.2, -0.15) is 0 Å². The summed E-state index contributed by atoms with van der Waals surface area (Å²) in [6.45, 7) is 0.610. The summed E-state index contributed by atoms with van der Waals surface area (Å²) in [6, 6.07) is 7.85. The van der Waals surface area contributed by atoms with Gasteiger partial charge in [0.15, 0.2) is 0 Å². The number of fused-ring (bicyclic) bond motifs is 3. The Bertz CT molecular complexity index is 793. The second-order valence-electron chi connectivity index (χ2n) is 4.70. The number of primary amides is 1. The lowest BCUT2D eigenvalue weighted by Gasteiger charge is -2.07. The maximum Gasteiger partial charge on any atom is 0.217 e. The number of hydrogen-bond donors (Lipinski definition) is 2. The van der Waals surface area contributed by atoms with Gasteiger partial charge in [0, 0.05) is 18.4 Å². The Morgan fingerprint density at radius 3 is 2.85 bits per heavy atom. The summed E-state index contributed by atoms with van der Waals surface area (Å²) in [5, 5.41) is 1.01. The first-order valence-electron chi connectivity index (χ1n) is 6.44. The summed E-state index contributed by atoms with van der Waals surface area (Å²) < 4.78 is 1.92. The standard InChI is InChI=1S/C14H15N5O/c15-12(20)6-3-7-19-13-9-4-1-2-5-10(9)17-8-11(13)18-14(19)16/h1-2,4-5,8H,3,6-7H2,(H2,15,20)(H2,16,18). The average Bonchev–Trinajstić information content (AvgIpc) is 2.75. The minimum absolute atomic E-state index is 0.306. The van der Waals surface area contributed by atoms with Crippen LogP contribution in [0.4, 0.5) is 5.95 Å². The number of carbonyl (C=O) groups excluding carboxylic acids is 1. The molecule has 0 bridgehead atoms. The lowest BCUT2D eigenvalue weighted by molar-refractivity contribution is -0.118. The molecule has 2 heterocycles.